The normalized spacial score (nSPS) is 24.6. The van der Waals surface area contributed by atoms with Gasteiger partial charge in [-0.05, 0) is 20.0 Å². The maximum atomic E-state index is 13.6. The summed E-state index contributed by atoms with van der Waals surface area (Å²) >= 11 is 0. The Balaban J connectivity index is 2.22. The molecule has 94 valence electrons. The van der Waals surface area contributed by atoms with Crippen LogP contribution in [0.2, 0.25) is 0 Å². The summed E-state index contributed by atoms with van der Waals surface area (Å²) in [6.07, 6.45) is 1.13. The average Bonchev–Trinajstić information content (AvgIpc) is 2.64. The van der Waals surface area contributed by atoms with Crippen molar-refractivity contribution in [2.75, 3.05) is 37.8 Å². The molecule has 2 rings (SSSR count). The van der Waals surface area contributed by atoms with Gasteiger partial charge in [-0.2, -0.15) is 4.98 Å². The van der Waals surface area contributed by atoms with Crippen LogP contribution in [-0.2, 0) is 0 Å². The lowest BCUT2D eigenvalue weighted by Gasteiger charge is -2.22. The van der Waals surface area contributed by atoms with E-state index in [1.807, 2.05) is 19.0 Å². The molecule has 0 aromatic carbocycles. The molecule has 2 atom stereocenters. The van der Waals surface area contributed by atoms with Crippen molar-refractivity contribution in [2.24, 2.45) is 5.92 Å². The molecule has 17 heavy (non-hydrogen) atoms. The predicted octanol–water partition coefficient (Wildman–Crippen LogP) is 0.584. The second-order valence-corrected chi connectivity index (χ2v) is 4.81. The second kappa shape index (κ2) is 4.44. The molecule has 0 aliphatic carbocycles. The molecule has 1 aromatic rings. The Hall–Kier alpha value is -1.43. The Morgan fingerprint density at radius 3 is 2.76 bits per heavy atom. The largest absolute Gasteiger partial charge is 0.368 e. The molecule has 2 heterocycles. The van der Waals surface area contributed by atoms with Crippen molar-refractivity contribution >= 4 is 11.8 Å². The minimum Gasteiger partial charge on any atom is -0.368 e. The summed E-state index contributed by atoms with van der Waals surface area (Å²) in [6, 6.07) is 0.408. The summed E-state index contributed by atoms with van der Waals surface area (Å²) in [5.41, 5.74) is 5.50. The first-order chi connectivity index (χ1) is 7.99. The fourth-order valence-electron chi connectivity index (χ4n) is 2.39. The molecule has 2 N–H and O–H groups in total. The van der Waals surface area contributed by atoms with Crippen LogP contribution in [0.15, 0.2) is 6.20 Å². The second-order valence-electron chi connectivity index (χ2n) is 4.81. The summed E-state index contributed by atoms with van der Waals surface area (Å²) in [7, 11) is 4.07. The van der Waals surface area contributed by atoms with E-state index in [-0.39, 0.29) is 5.95 Å². The third-order valence-corrected chi connectivity index (χ3v) is 3.28. The predicted molar refractivity (Wildman–Crippen MR) is 65.3 cm³/mol. The lowest BCUT2D eigenvalue weighted by molar-refractivity contribution is 0.266. The molecule has 0 spiro atoms. The van der Waals surface area contributed by atoms with Gasteiger partial charge in [0.25, 0.3) is 0 Å². The Bertz CT molecular complexity index is 409. The summed E-state index contributed by atoms with van der Waals surface area (Å²) in [5, 5.41) is 0. The van der Waals surface area contributed by atoms with Gasteiger partial charge in [0.2, 0.25) is 5.95 Å². The van der Waals surface area contributed by atoms with Gasteiger partial charge >= 0.3 is 0 Å². The molecule has 1 aliphatic heterocycles. The van der Waals surface area contributed by atoms with Crippen LogP contribution in [0.25, 0.3) is 0 Å². The van der Waals surface area contributed by atoms with E-state index in [0.717, 1.165) is 19.3 Å². The van der Waals surface area contributed by atoms with Gasteiger partial charge in [-0.25, -0.2) is 9.37 Å². The van der Waals surface area contributed by atoms with Crippen LogP contribution in [0.4, 0.5) is 16.2 Å². The zero-order chi connectivity index (χ0) is 12.6. The van der Waals surface area contributed by atoms with Crippen molar-refractivity contribution in [1.29, 1.82) is 0 Å². The number of nitrogen functional groups attached to an aromatic ring is 1. The number of hydrogen-bond donors (Lipinski definition) is 1. The molecule has 6 heteroatoms. The summed E-state index contributed by atoms with van der Waals surface area (Å²) in [5.74, 6) is 0.488. The zero-order valence-electron chi connectivity index (χ0n) is 10.4. The van der Waals surface area contributed by atoms with Crippen molar-refractivity contribution in [2.45, 2.75) is 13.0 Å². The van der Waals surface area contributed by atoms with Crippen LogP contribution in [0.5, 0.6) is 0 Å². The number of rotatable bonds is 2. The number of likely N-dealkylation sites (N-methyl/N-ethyl adjacent to an activating group) is 1. The number of anilines is 2. The van der Waals surface area contributed by atoms with Crippen molar-refractivity contribution in [3.8, 4) is 0 Å². The van der Waals surface area contributed by atoms with Crippen LogP contribution in [-0.4, -0.2) is 48.1 Å². The first-order valence-electron chi connectivity index (χ1n) is 5.68. The molecular weight excluding hydrogens is 221 g/mol. The Morgan fingerprint density at radius 2 is 2.18 bits per heavy atom. The highest BCUT2D eigenvalue weighted by molar-refractivity contribution is 5.44. The maximum absolute atomic E-state index is 13.6. The first-order valence-corrected chi connectivity index (χ1v) is 5.68. The van der Waals surface area contributed by atoms with E-state index < -0.39 is 5.82 Å². The lowest BCUT2D eigenvalue weighted by Crippen LogP contribution is -2.34. The van der Waals surface area contributed by atoms with Crippen molar-refractivity contribution < 1.29 is 4.39 Å². The highest BCUT2D eigenvalue weighted by atomic mass is 19.1. The van der Waals surface area contributed by atoms with E-state index in [1.165, 1.54) is 0 Å². The third kappa shape index (κ3) is 2.31. The molecule has 5 nitrogen and oxygen atoms in total. The zero-order valence-corrected chi connectivity index (χ0v) is 10.4. The molecule has 1 aliphatic rings. The van der Waals surface area contributed by atoms with Gasteiger partial charge < -0.3 is 15.5 Å². The number of hydrogen-bond acceptors (Lipinski definition) is 5. The molecule has 0 amide bonds. The minimum atomic E-state index is -0.411. The summed E-state index contributed by atoms with van der Waals surface area (Å²) in [4.78, 5) is 11.7. The Morgan fingerprint density at radius 1 is 1.47 bits per heavy atom. The van der Waals surface area contributed by atoms with Gasteiger partial charge in [-0.1, -0.05) is 6.92 Å². The highest BCUT2D eigenvalue weighted by Crippen LogP contribution is 2.26. The first kappa shape index (κ1) is 12.0. The average molecular weight is 239 g/mol. The maximum Gasteiger partial charge on any atom is 0.222 e. The van der Waals surface area contributed by atoms with Gasteiger partial charge in [0.05, 0.1) is 6.20 Å². The molecular formula is C11H18FN5. The summed E-state index contributed by atoms with van der Waals surface area (Å²) in [6.45, 7) is 3.71. The van der Waals surface area contributed by atoms with E-state index in [0.29, 0.717) is 17.8 Å². The Labute approximate surface area is 100 Å². The van der Waals surface area contributed by atoms with Gasteiger partial charge in [-0.15, -0.1) is 0 Å². The fraction of sp³-hybridized carbons (Fsp3) is 0.636. The number of nitrogens with two attached hydrogens (primary N) is 1. The van der Waals surface area contributed by atoms with Crippen molar-refractivity contribution in [1.82, 2.24) is 14.9 Å². The number of aromatic nitrogens is 2. The molecule has 0 saturated carbocycles. The Kier molecular flexibility index (Phi) is 3.15. The SMILES string of the molecule is CC1CN(c2nc(N)ncc2F)CC1N(C)C. The van der Waals surface area contributed by atoms with Crippen LogP contribution >= 0.6 is 0 Å². The molecule has 0 bridgehead atoms. The quantitative estimate of drug-likeness (QED) is 0.818. The van der Waals surface area contributed by atoms with E-state index in [2.05, 4.69) is 21.8 Å². The van der Waals surface area contributed by atoms with Crippen molar-refractivity contribution in [3.05, 3.63) is 12.0 Å². The number of halogens is 1. The van der Waals surface area contributed by atoms with Crippen LogP contribution in [0.3, 0.4) is 0 Å². The van der Waals surface area contributed by atoms with Gasteiger partial charge in [0, 0.05) is 19.1 Å². The summed E-state index contributed by atoms with van der Waals surface area (Å²) < 4.78 is 13.6. The van der Waals surface area contributed by atoms with E-state index >= 15 is 0 Å². The molecule has 2 unspecified atom stereocenters. The van der Waals surface area contributed by atoms with Gasteiger partial charge in [-0.3, -0.25) is 0 Å². The third-order valence-electron chi connectivity index (χ3n) is 3.28. The van der Waals surface area contributed by atoms with E-state index in [4.69, 9.17) is 5.73 Å². The topological polar surface area (TPSA) is 58.3 Å². The number of nitrogens with zero attached hydrogens (tertiary/aromatic N) is 4. The van der Waals surface area contributed by atoms with E-state index in [1.54, 1.807) is 0 Å². The molecule has 1 aromatic heterocycles. The van der Waals surface area contributed by atoms with Crippen LogP contribution in [0, 0.1) is 11.7 Å². The molecule has 1 saturated heterocycles. The fourth-order valence-corrected chi connectivity index (χ4v) is 2.39. The monoisotopic (exact) mass is 239 g/mol. The standard InChI is InChI=1S/C11H18FN5/c1-7-5-17(6-9(7)16(2)3)10-8(12)4-14-11(13)15-10/h4,7,9H,5-6H2,1-3H3,(H2,13,14,15). The highest BCUT2D eigenvalue weighted by Gasteiger charge is 2.33. The lowest BCUT2D eigenvalue weighted by atomic mass is 10.1. The van der Waals surface area contributed by atoms with Crippen molar-refractivity contribution in [3.63, 3.8) is 0 Å². The van der Waals surface area contributed by atoms with Crippen LogP contribution < -0.4 is 10.6 Å². The van der Waals surface area contributed by atoms with Gasteiger partial charge in [0.15, 0.2) is 11.6 Å². The smallest absolute Gasteiger partial charge is 0.222 e. The molecule has 1 fully saturated rings. The minimum absolute atomic E-state index is 0.113. The van der Waals surface area contributed by atoms with Crippen LogP contribution in [0.1, 0.15) is 6.92 Å². The van der Waals surface area contributed by atoms with Gasteiger partial charge in [0.1, 0.15) is 0 Å². The van der Waals surface area contributed by atoms with E-state index in [9.17, 15) is 4.39 Å². The molecule has 0 radical (unpaired) electrons.